The van der Waals surface area contributed by atoms with Gasteiger partial charge in [0.15, 0.2) is 0 Å². The first-order valence-corrected chi connectivity index (χ1v) is 4.34. The quantitative estimate of drug-likeness (QED) is 0.783. The second kappa shape index (κ2) is 3.56. The fraction of sp³-hybridized carbons (Fsp3) is 0.222. The summed E-state index contributed by atoms with van der Waals surface area (Å²) < 4.78 is 4.76. The largest absolute Gasteiger partial charge is 0.481 e. The van der Waals surface area contributed by atoms with Crippen LogP contribution in [-0.2, 0) is 11.2 Å². The number of carbonyl (C=O) groups is 1. The van der Waals surface area contributed by atoms with Gasteiger partial charge in [0, 0.05) is 11.9 Å². The van der Waals surface area contributed by atoms with Gasteiger partial charge in [-0.25, -0.2) is 4.98 Å². The molecule has 2 N–H and O–H groups in total. The summed E-state index contributed by atoms with van der Waals surface area (Å²) in [4.78, 5) is 17.4. The maximum Gasteiger partial charge on any atom is 0.309 e. The lowest BCUT2D eigenvalue weighted by molar-refractivity contribution is -0.136. The molecule has 78 valence electrons. The molecule has 0 spiro atoms. The molecule has 0 saturated heterocycles. The predicted octanol–water partition coefficient (Wildman–Crippen LogP) is 1.00. The molecule has 2 aromatic rings. The van der Waals surface area contributed by atoms with E-state index in [0.717, 1.165) is 5.56 Å². The van der Waals surface area contributed by atoms with E-state index in [0.29, 0.717) is 17.2 Å². The molecule has 0 amide bonds. The van der Waals surface area contributed by atoms with E-state index in [1.165, 1.54) is 12.5 Å². The van der Waals surface area contributed by atoms with Gasteiger partial charge in [-0.2, -0.15) is 0 Å². The number of imidazole rings is 1. The summed E-state index contributed by atoms with van der Waals surface area (Å²) in [5, 5.41) is 12.3. The Morgan fingerprint density at radius 3 is 3.07 bits per heavy atom. The molecule has 0 unspecified atom stereocenters. The minimum absolute atomic E-state index is 0.0721. The number of rotatable bonds is 3. The summed E-state index contributed by atoms with van der Waals surface area (Å²) in [6, 6.07) is 0. The minimum atomic E-state index is -0.896. The lowest BCUT2D eigenvalue weighted by atomic mass is 10.2. The van der Waals surface area contributed by atoms with Crippen LogP contribution < -0.4 is 0 Å². The normalized spacial score (nSPS) is 10.5. The number of H-pyrrole nitrogens is 1. The molecule has 0 bridgehead atoms. The van der Waals surface area contributed by atoms with E-state index in [4.69, 9.17) is 9.63 Å². The predicted molar refractivity (Wildman–Crippen MR) is 50.2 cm³/mol. The van der Waals surface area contributed by atoms with Crippen LogP contribution in [0.3, 0.4) is 0 Å². The average molecular weight is 207 g/mol. The van der Waals surface area contributed by atoms with E-state index in [1.807, 2.05) is 0 Å². The van der Waals surface area contributed by atoms with Crippen LogP contribution in [0.15, 0.2) is 17.0 Å². The summed E-state index contributed by atoms with van der Waals surface area (Å²) in [7, 11) is 0. The standard InChI is InChI=1S/C9H9N3O3/c1-5-7(4-15-12-5)9-10-3-6(11-9)2-8(13)14/h3-4H,2H2,1H3,(H,10,11)(H,13,14). The van der Waals surface area contributed by atoms with Gasteiger partial charge in [-0.1, -0.05) is 5.16 Å². The van der Waals surface area contributed by atoms with E-state index >= 15 is 0 Å². The Kier molecular flexibility index (Phi) is 2.24. The fourth-order valence-electron chi connectivity index (χ4n) is 1.27. The van der Waals surface area contributed by atoms with Crippen molar-refractivity contribution in [1.82, 2.24) is 15.1 Å². The average Bonchev–Trinajstić information content (AvgIpc) is 2.72. The molecule has 6 heteroatoms. The zero-order valence-corrected chi connectivity index (χ0v) is 8.02. The molecule has 0 fully saturated rings. The molecule has 2 rings (SSSR count). The Bertz CT molecular complexity index is 486. The Morgan fingerprint density at radius 2 is 2.47 bits per heavy atom. The van der Waals surface area contributed by atoms with Gasteiger partial charge >= 0.3 is 5.97 Å². The highest BCUT2D eigenvalue weighted by Crippen LogP contribution is 2.18. The molecule has 0 aliphatic heterocycles. The zero-order valence-electron chi connectivity index (χ0n) is 8.02. The number of aromatic nitrogens is 3. The zero-order chi connectivity index (χ0) is 10.8. The smallest absolute Gasteiger partial charge is 0.309 e. The molecule has 0 aliphatic rings. The van der Waals surface area contributed by atoms with E-state index in [1.54, 1.807) is 6.92 Å². The topological polar surface area (TPSA) is 92.0 Å². The molecule has 6 nitrogen and oxygen atoms in total. The molecule has 0 radical (unpaired) electrons. The van der Waals surface area contributed by atoms with Gasteiger partial charge in [0.1, 0.15) is 12.1 Å². The Hall–Kier alpha value is -2.11. The highest BCUT2D eigenvalue weighted by Gasteiger charge is 2.10. The third kappa shape index (κ3) is 1.88. The van der Waals surface area contributed by atoms with Crippen LogP contribution in [0, 0.1) is 6.92 Å². The number of aryl methyl sites for hydroxylation is 1. The summed E-state index contributed by atoms with van der Waals surface area (Å²) >= 11 is 0. The molecule has 0 aromatic carbocycles. The lowest BCUT2D eigenvalue weighted by Crippen LogP contribution is -1.99. The Balaban J connectivity index is 2.28. The van der Waals surface area contributed by atoms with Crippen LogP contribution in [0.25, 0.3) is 11.4 Å². The van der Waals surface area contributed by atoms with Crippen LogP contribution in [0.1, 0.15) is 11.4 Å². The SMILES string of the molecule is Cc1nocc1-c1ncc(CC(=O)O)[nH]1. The lowest BCUT2D eigenvalue weighted by Gasteiger charge is -1.91. The van der Waals surface area contributed by atoms with Crippen molar-refractivity contribution in [1.29, 1.82) is 0 Å². The van der Waals surface area contributed by atoms with Crippen LogP contribution in [0.4, 0.5) is 0 Å². The first-order valence-electron chi connectivity index (χ1n) is 4.34. The van der Waals surface area contributed by atoms with Gasteiger partial charge in [-0.05, 0) is 6.92 Å². The highest BCUT2D eigenvalue weighted by atomic mass is 16.5. The van der Waals surface area contributed by atoms with Crippen molar-refractivity contribution in [2.75, 3.05) is 0 Å². The first-order chi connectivity index (χ1) is 7.16. The van der Waals surface area contributed by atoms with E-state index in [-0.39, 0.29) is 6.42 Å². The third-order valence-corrected chi connectivity index (χ3v) is 1.98. The van der Waals surface area contributed by atoms with Gasteiger partial charge in [-0.3, -0.25) is 4.79 Å². The first kappa shape index (κ1) is 9.45. The van der Waals surface area contributed by atoms with Gasteiger partial charge in [0.05, 0.1) is 17.7 Å². The maximum atomic E-state index is 10.5. The van der Waals surface area contributed by atoms with Crippen LogP contribution in [0.5, 0.6) is 0 Å². The molecule has 2 heterocycles. The number of hydrogen-bond donors (Lipinski definition) is 2. The van der Waals surface area contributed by atoms with Crippen molar-refractivity contribution in [2.24, 2.45) is 0 Å². The number of aliphatic carboxylic acids is 1. The van der Waals surface area contributed by atoms with Gasteiger partial charge < -0.3 is 14.6 Å². The Labute approximate surface area is 84.9 Å². The maximum absolute atomic E-state index is 10.5. The fourth-order valence-corrected chi connectivity index (χ4v) is 1.27. The number of carboxylic acid groups (broad SMARTS) is 1. The molecule has 0 atom stereocenters. The molecular weight excluding hydrogens is 198 g/mol. The van der Waals surface area contributed by atoms with Crippen molar-refractivity contribution in [2.45, 2.75) is 13.3 Å². The van der Waals surface area contributed by atoms with Gasteiger partial charge in [0.2, 0.25) is 0 Å². The van der Waals surface area contributed by atoms with Gasteiger partial charge in [-0.15, -0.1) is 0 Å². The van der Waals surface area contributed by atoms with E-state index in [9.17, 15) is 4.79 Å². The molecular formula is C9H9N3O3. The summed E-state index contributed by atoms with van der Waals surface area (Å²) in [6.45, 7) is 1.79. The van der Waals surface area contributed by atoms with Crippen molar-refractivity contribution in [3.63, 3.8) is 0 Å². The summed E-state index contributed by atoms with van der Waals surface area (Å²) in [6.07, 6.45) is 2.89. The molecule has 15 heavy (non-hydrogen) atoms. The monoisotopic (exact) mass is 207 g/mol. The minimum Gasteiger partial charge on any atom is -0.481 e. The highest BCUT2D eigenvalue weighted by molar-refractivity contribution is 5.70. The summed E-state index contributed by atoms with van der Waals surface area (Å²) in [5.74, 6) is -0.322. The van der Waals surface area contributed by atoms with E-state index in [2.05, 4.69) is 15.1 Å². The second-order valence-corrected chi connectivity index (χ2v) is 3.14. The summed E-state index contributed by atoms with van der Waals surface area (Å²) in [5.41, 5.74) is 2.01. The number of nitrogens with one attached hydrogen (secondary N) is 1. The third-order valence-electron chi connectivity index (χ3n) is 1.98. The molecule has 0 saturated carbocycles. The van der Waals surface area contributed by atoms with Gasteiger partial charge in [0.25, 0.3) is 0 Å². The number of carboxylic acids is 1. The van der Waals surface area contributed by atoms with Crippen molar-refractivity contribution in [3.05, 3.63) is 23.8 Å². The number of aromatic amines is 1. The van der Waals surface area contributed by atoms with Crippen molar-refractivity contribution < 1.29 is 14.4 Å². The van der Waals surface area contributed by atoms with E-state index < -0.39 is 5.97 Å². The molecule has 2 aromatic heterocycles. The Morgan fingerprint density at radius 1 is 1.67 bits per heavy atom. The van der Waals surface area contributed by atoms with Crippen molar-refractivity contribution >= 4 is 5.97 Å². The van der Waals surface area contributed by atoms with Crippen LogP contribution in [-0.4, -0.2) is 26.2 Å². The van der Waals surface area contributed by atoms with Crippen LogP contribution in [0.2, 0.25) is 0 Å². The van der Waals surface area contributed by atoms with Crippen LogP contribution >= 0.6 is 0 Å². The number of hydrogen-bond acceptors (Lipinski definition) is 4. The second-order valence-electron chi connectivity index (χ2n) is 3.14. The van der Waals surface area contributed by atoms with Crippen molar-refractivity contribution in [3.8, 4) is 11.4 Å². The molecule has 0 aliphatic carbocycles. The number of nitrogens with zero attached hydrogens (tertiary/aromatic N) is 2.